The van der Waals surface area contributed by atoms with Crippen molar-refractivity contribution in [3.63, 3.8) is 0 Å². The third-order valence-electron chi connectivity index (χ3n) is 3.35. The molecule has 0 bridgehead atoms. The number of carbonyl (C=O) groups excluding carboxylic acids is 1. The van der Waals surface area contributed by atoms with Gasteiger partial charge in [-0.05, 0) is 59.1 Å². The summed E-state index contributed by atoms with van der Waals surface area (Å²) in [6.07, 6.45) is 0.701. The van der Waals surface area contributed by atoms with Gasteiger partial charge in [-0.3, -0.25) is 0 Å². The largest absolute Gasteiger partial charge is 0.493 e. The Morgan fingerprint density at radius 3 is 2.67 bits per heavy atom. The maximum atomic E-state index is 11.9. The molecule has 2 aromatic rings. The maximum Gasteiger partial charge on any atom is 0.319 e. The minimum atomic E-state index is -0.236. The van der Waals surface area contributed by atoms with Crippen LogP contribution in [0.25, 0.3) is 0 Å². The van der Waals surface area contributed by atoms with E-state index in [1.54, 1.807) is 7.11 Å². The second-order valence-corrected chi connectivity index (χ2v) is 5.88. The van der Waals surface area contributed by atoms with Gasteiger partial charge in [0.15, 0.2) is 11.5 Å². The van der Waals surface area contributed by atoms with Crippen LogP contribution in [0.3, 0.4) is 0 Å². The zero-order valence-corrected chi connectivity index (χ0v) is 15.4. The number of carbonyl (C=O) groups is 1. The van der Waals surface area contributed by atoms with Gasteiger partial charge in [0.1, 0.15) is 0 Å². The summed E-state index contributed by atoms with van der Waals surface area (Å²) in [6.45, 7) is 3.04. The number of halogens is 1. The van der Waals surface area contributed by atoms with Gasteiger partial charge in [-0.25, -0.2) is 4.79 Å². The summed E-state index contributed by atoms with van der Waals surface area (Å²) in [4.78, 5) is 11.9. The van der Waals surface area contributed by atoms with Gasteiger partial charge in [-0.15, -0.1) is 0 Å². The van der Waals surface area contributed by atoms with Crippen molar-refractivity contribution in [2.45, 2.75) is 13.3 Å². The first kappa shape index (κ1) is 18.1. The summed E-state index contributed by atoms with van der Waals surface area (Å²) in [7, 11) is 1.62. The molecular weight excluding hydrogens is 372 g/mol. The van der Waals surface area contributed by atoms with Crippen molar-refractivity contribution in [3.05, 3.63) is 52.5 Å². The van der Waals surface area contributed by atoms with E-state index in [9.17, 15) is 4.79 Å². The number of amides is 2. The molecule has 0 heterocycles. The molecular formula is C18H21BrN2O3. The molecule has 0 atom stereocenters. The molecule has 0 unspecified atom stereocenters. The van der Waals surface area contributed by atoms with Crippen molar-refractivity contribution in [1.82, 2.24) is 5.32 Å². The average molecular weight is 393 g/mol. The van der Waals surface area contributed by atoms with Gasteiger partial charge >= 0.3 is 6.03 Å². The monoisotopic (exact) mass is 392 g/mol. The van der Waals surface area contributed by atoms with E-state index < -0.39 is 0 Å². The summed E-state index contributed by atoms with van der Waals surface area (Å²) < 4.78 is 11.7. The van der Waals surface area contributed by atoms with Crippen LogP contribution < -0.4 is 20.1 Å². The number of methoxy groups -OCH3 is 1. The lowest BCUT2D eigenvalue weighted by atomic mass is 10.1. The Labute approximate surface area is 150 Å². The summed E-state index contributed by atoms with van der Waals surface area (Å²) in [6, 6.07) is 13.0. The van der Waals surface area contributed by atoms with E-state index >= 15 is 0 Å². The van der Waals surface area contributed by atoms with Crippen LogP contribution in [0.5, 0.6) is 11.5 Å². The van der Waals surface area contributed by atoms with Crippen molar-refractivity contribution in [1.29, 1.82) is 0 Å². The summed E-state index contributed by atoms with van der Waals surface area (Å²) in [5.41, 5.74) is 1.80. The molecule has 0 saturated heterocycles. The first-order valence-corrected chi connectivity index (χ1v) is 8.52. The molecule has 2 N–H and O–H groups in total. The molecule has 0 saturated carbocycles. The average Bonchev–Trinajstić information content (AvgIpc) is 2.58. The highest BCUT2D eigenvalue weighted by molar-refractivity contribution is 9.10. The molecule has 6 heteroatoms. The van der Waals surface area contributed by atoms with Crippen LogP contribution in [0, 0.1) is 0 Å². The van der Waals surface area contributed by atoms with Crippen molar-refractivity contribution < 1.29 is 14.3 Å². The number of anilines is 1. The Bertz CT molecular complexity index is 692. The maximum absolute atomic E-state index is 11.9. The Morgan fingerprint density at radius 1 is 1.17 bits per heavy atom. The molecule has 0 aliphatic heterocycles. The van der Waals surface area contributed by atoms with Crippen molar-refractivity contribution in [2.75, 3.05) is 25.6 Å². The van der Waals surface area contributed by atoms with Gasteiger partial charge in [0.05, 0.1) is 19.4 Å². The quantitative estimate of drug-likeness (QED) is 0.741. The van der Waals surface area contributed by atoms with E-state index in [0.717, 1.165) is 21.5 Å². The van der Waals surface area contributed by atoms with Gasteiger partial charge in [-0.2, -0.15) is 0 Å². The van der Waals surface area contributed by atoms with Gasteiger partial charge in [-0.1, -0.05) is 18.2 Å². The number of hydrogen-bond donors (Lipinski definition) is 2. The minimum absolute atomic E-state index is 0.236. The standard InChI is InChI=1S/C18H21BrN2O3/c1-3-24-16-9-8-13(12-17(16)23-2)10-11-20-18(22)21-15-7-5-4-6-14(15)19/h4-9,12H,3,10-11H2,1-2H3,(H2,20,21,22). The molecule has 0 radical (unpaired) electrons. The number of hydrogen-bond acceptors (Lipinski definition) is 3. The lowest BCUT2D eigenvalue weighted by molar-refractivity contribution is 0.252. The van der Waals surface area contributed by atoms with Crippen LogP contribution in [-0.4, -0.2) is 26.3 Å². The molecule has 0 fully saturated rings. The van der Waals surface area contributed by atoms with Crippen molar-refractivity contribution in [3.8, 4) is 11.5 Å². The topological polar surface area (TPSA) is 59.6 Å². The van der Waals surface area contributed by atoms with E-state index in [4.69, 9.17) is 9.47 Å². The van der Waals surface area contributed by atoms with Crippen LogP contribution in [-0.2, 0) is 6.42 Å². The molecule has 0 aliphatic rings. The summed E-state index contributed by atoms with van der Waals surface area (Å²) in [5, 5.41) is 5.64. The zero-order chi connectivity index (χ0) is 17.4. The van der Waals surface area contributed by atoms with E-state index in [-0.39, 0.29) is 6.03 Å². The number of urea groups is 1. The predicted molar refractivity (Wildman–Crippen MR) is 99.0 cm³/mol. The Balaban J connectivity index is 1.85. The van der Waals surface area contributed by atoms with Gasteiger partial charge in [0.25, 0.3) is 0 Å². The van der Waals surface area contributed by atoms with E-state index in [0.29, 0.717) is 25.3 Å². The number of para-hydroxylation sites is 1. The summed E-state index contributed by atoms with van der Waals surface area (Å²) >= 11 is 3.40. The molecule has 0 aromatic heterocycles. The number of rotatable bonds is 7. The van der Waals surface area contributed by atoms with Gasteiger partial charge < -0.3 is 20.1 Å². The molecule has 5 nitrogen and oxygen atoms in total. The van der Waals surface area contributed by atoms with Crippen LogP contribution in [0.1, 0.15) is 12.5 Å². The van der Waals surface area contributed by atoms with Crippen molar-refractivity contribution >= 4 is 27.6 Å². The molecule has 128 valence electrons. The normalized spacial score (nSPS) is 10.1. The third kappa shape index (κ3) is 5.16. The SMILES string of the molecule is CCOc1ccc(CCNC(=O)Nc2ccccc2Br)cc1OC. The number of ether oxygens (including phenoxy) is 2. The van der Waals surface area contributed by atoms with Gasteiger partial charge in [0.2, 0.25) is 0 Å². The highest BCUT2D eigenvalue weighted by Crippen LogP contribution is 2.28. The molecule has 0 aliphatic carbocycles. The Morgan fingerprint density at radius 2 is 1.96 bits per heavy atom. The molecule has 2 amide bonds. The summed E-state index contributed by atoms with van der Waals surface area (Å²) in [5.74, 6) is 1.43. The van der Waals surface area contributed by atoms with Crippen LogP contribution in [0.4, 0.5) is 10.5 Å². The zero-order valence-electron chi connectivity index (χ0n) is 13.8. The lowest BCUT2D eigenvalue weighted by Crippen LogP contribution is -2.30. The second kappa shape index (κ2) is 9.17. The fraction of sp³-hybridized carbons (Fsp3) is 0.278. The van der Waals surface area contributed by atoms with Crippen LogP contribution >= 0.6 is 15.9 Å². The number of nitrogens with one attached hydrogen (secondary N) is 2. The molecule has 0 spiro atoms. The lowest BCUT2D eigenvalue weighted by Gasteiger charge is -2.12. The minimum Gasteiger partial charge on any atom is -0.493 e. The Kier molecular flexibility index (Phi) is 6.93. The fourth-order valence-electron chi connectivity index (χ4n) is 2.19. The van der Waals surface area contributed by atoms with Crippen molar-refractivity contribution in [2.24, 2.45) is 0 Å². The fourth-order valence-corrected chi connectivity index (χ4v) is 2.58. The molecule has 24 heavy (non-hydrogen) atoms. The highest BCUT2D eigenvalue weighted by atomic mass is 79.9. The van der Waals surface area contributed by atoms with E-state index in [2.05, 4.69) is 26.6 Å². The first-order valence-electron chi connectivity index (χ1n) is 7.73. The molecule has 2 aromatic carbocycles. The van der Waals surface area contributed by atoms with Crippen LogP contribution in [0.2, 0.25) is 0 Å². The van der Waals surface area contributed by atoms with E-state index in [1.807, 2.05) is 49.4 Å². The van der Waals surface area contributed by atoms with Gasteiger partial charge in [0, 0.05) is 11.0 Å². The third-order valence-corrected chi connectivity index (χ3v) is 4.04. The first-order chi connectivity index (χ1) is 11.6. The van der Waals surface area contributed by atoms with Crippen LogP contribution in [0.15, 0.2) is 46.9 Å². The van der Waals surface area contributed by atoms with E-state index in [1.165, 1.54) is 0 Å². The molecule has 2 rings (SSSR count). The predicted octanol–water partition coefficient (Wildman–Crippen LogP) is 4.22. The number of benzene rings is 2. The Hall–Kier alpha value is -2.21. The smallest absolute Gasteiger partial charge is 0.319 e. The second-order valence-electron chi connectivity index (χ2n) is 5.03. The highest BCUT2D eigenvalue weighted by Gasteiger charge is 2.07.